The van der Waals surface area contributed by atoms with Gasteiger partial charge in [-0.3, -0.25) is 0 Å². The van der Waals surface area contributed by atoms with Crippen LogP contribution < -0.4 is 5.32 Å². The van der Waals surface area contributed by atoms with E-state index in [2.05, 4.69) is 50.2 Å². The molecule has 1 heterocycles. The molecule has 0 aliphatic rings. The quantitative estimate of drug-likeness (QED) is 0.847. The Kier molecular flexibility index (Phi) is 5.77. The molecular weight excluding hydrogens is 342 g/mol. The van der Waals surface area contributed by atoms with Gasteiger partial charge in [-0.05, 0) is 50.8 Å². The number of nitrogens with one attached hydrogen (secondary N) is 1. The molecule has 2 unspecified atom stereocenters. The second-order valence-electron chi connectivity index (χ2n) is 3.66. The van der Waals surface area contributed by atoms with Gasteiger partial charge in [-0.25, -0.2) is 0 Å². The lowest BCUT2D eigenvalue weighted by Crippen LogP contribution is -2.33. The molecule has 1 rings (SSSR count). The molecule has 0 radical (unpaired) electrons. The van der Waals surface area contributed by atoms with Crippen LogP contribution in [0.2, 0.25) is 0 Å². The molecule has 0 amide bonds. The first-order valence-electron chi connectivity index (χ1n) is 4.82. The Morgan fingerprint density at radius 3 is 2.60 bits per heavy atom. The first kappa shape index (κ1) is 13.6. The molecule has 0 bridgehead atoms. The van der Waals surface area contributed by atoms with E-state index in [1.165, 1.54) is 4.88 Å². The van der Waals surface area contributed by atoms with Crippen LogP contribution in [0.25, 0.3) is 0 Å². The second kappa shape index (κ2) is 6.35. The number of hydrogen-bond donors (Lipinski definition) is 2. The van der Waals surface area contributed by atoms with Gasteiger partial charge >= 0.3 is 0 Å². The van der Waals surface area contributed by atoms with Gasteiger partial charge in [-0.15, -0.1) is 11.3 Å². The molecule has 2 nitrogen and oxygen atoms in total. The summed E-state index contributed by atoms with van der Waals surface area (Å²) in [4.78, 5) is 1.28. The first-order valence-corrected chi connectivity index (χ1v) is 7.22. The van der Waals surface area contributed by atoms with Crippen LogP contribution in [0.5, 0.6) is 0 Å². The summed E-state index contributed by atoms with van der Waals surface area (Å²) < 4.78 is 2.23. The third kappa shape index (κ3) is 4.15. The Hall–Kier alpha value is 0.580. The maximum Gasteiger partial charge on any atom is 0.0843 e. The van der Waals surface area contributed by atoms with Crippen molar-refractivity contribution >= 4 is 43.2 Å². The summed E-state index contributed by atoms with van der Waals surface area (Å²) in [6.45, 7) is 5.21. The van der Waals surface area contributed by atoms with E-state index in [0.717, 1.165) is 14.8 Å². The van der Waals surface area contributed by atoms with Crippen molar-refractivity contribution in [3.63, 3.8) is 0 Å². The maximum absolute atomic E-state index is 9.00. The van der Waals surface area contributed by atoms with E-state index in [0.29, 0.717) is 6.04 Å². The SMILES string of the molecule is CC(CO)C(C)NCc1cc(Br)c(Br)s1. The van der Waals surface area contributed by atoms with Crippen LogP contribution in [0.4, 0.5) is 0 Å². The third-order valence-corrected chi connectivity index (χ3v) is 5.69. The number of rotatable bonds is 5. The minimum atomic E-state index is 0.228. The van der Waals surface area contributed by atoms with Gasteiger partial charge in [0.2, 0.25) is 0 Å². The fraction of sp³-hybridized carbons (Fsp3) is 0.600. The van der Waals surface area contributed by atoms with Crippen LogP contribution in [-0.2, 0) is 6.54 Å². The van der Waals surface area contributed by atoms with Gasteiger partial charge in [0.05, 0.1) is 3.79 Å². The Balaban J connectivity index is 2.43. The van der Waals surface area contributed by atoms with Gasteiger partial charge in [-0.1, -0.05) is 6.92 Å². The Labute approximate surface area is 111 Å². The van der Waals surface area contributed by atoms with Crippen LogP contribution in [0.15, 0.2) is 14.3 Å². The van der Waals surface area contributed by atoms with E-state index in [1.54, 1.807) is 11.3 Å². The predicted molar refractivity (Wildman–Crippen MR) is 72.3 cm³/mol. The summed E-state index contributed by atoms with van der Waals surface area (Å²) >= 11 is 8.65. The average Bonchev–Trinajstić information content (AvgIpc) is 2.54. The zero-order valence-corrected chi connectivity index (χ0v) is 12.7. The van der Waals surface area contributed by atoms with Crippen LogP contribution in [0.3, 0.4) is 0 Å². The Morgan fingerprint density at radius 2 is 2.13 bits per heavy atom. The molecule has 1 aromatic rings. The second-order valence-corrected chi connectivity index (χ2v) is 6.97. The van der Waals surface area contributed by atoms with E-state index < -0.39 is 0 Å². The number of hydrogen-bond acceptors (Lipinski definition) is 3. The van der Waals surface area contributed by atoms with Crippen LogP contribution in [0.1, 0.15) is 18.7 Å². The van der Waals surface area contributed by atoms with Crippen molar-refractivity contribution in [1.29, 1.82) is 0 Å². The lowest BCUT2D eigenvalue weighted by molar-refractivity contribution is 0.207. The van der Waals surface area contributed by atoms with Gasteiger partial charge < -0.3 is 10.4 Å². The third-order valence-electron chi connectivity index (χ3n) is 2.44. The summed E-state index contributed by atoms with van der Waals surface area (Å²) in [5, 5.41) is 12.4. The molecule has 0 aliphatic carbocycles. The van der Waals surface area contributed by atoms with Crippen LogP contribution >= 0.6 is 43.2 Å². The topological polar surface area (TPSA) is 32.3 Å². The van der Waals surface area contributed by atoms with Gasteiger partial charge in [0.1, 0.15) is 0 Å². The van der Waals surface area contributed by atoms with E-state index >= 15 is 0 Å². The van der Waals surface area contributed by atoms with Crippen molar-refractivity contribution in [2.24, 2.45) is 5.92 Å². The van der Waals surface area contributed by atoms with Crippen LogP contribution in [0, 0.1) is 5.92 Å². The van der Waals surface area contributed by atoms with Crippen LogP contribution in [-0.4, -0.2) is 17.8 Å². The van der Waals surface area contributed by atoms with Crippen molar-refractivity contribution < 1.29 is 5.11 Å². The zero-order chi connectivity index (χ0) is 11.4. The molecule has 0 fully saturated rings. The number of aliphatic hydroxyl groups excluding tert-OH is 1. The first-order chi connectivity index (χ1) is 7.04. The summed E-state index contributed by atoms with van der Waals surface area (Å²) in [7, 11) is 0. The number of aliphatic hydroxyl groups is 1. The standard InChI is InChI=1S/C10H15Br2NOS/c1-6(5-14)7(2)13-4-8-3-9(11)10(12)15-8/h3,6-7,13-14H,4-5H2,1-2H3. The smallest absolute Gasteiger partial charge is 0.0843 e. The van der Waals surface area contributed by atoms with E-state index in [-0.39, 0.29) is 12.5 Å². The summed E-state index contributed by atoms with van der Waals surface area (Å²) in [5.41, 5.74) is 0. The highest BCUT2D eigenvalue weighted by Crippen LogP contribution is 2.32. The molecular formula is C10H15Br2NOS. The number of halogens is 2. The zero-order valence-electron chi connectivity index (χ0n) is 8.76. The van der Waals surface area contributed by atoms with Gasteiger partial charge in [0, 0.05) is 28.5 Å². The maximum atomic E-state index is 9.00. The average molecular weight is 357 g/mol. The molecule has 5 heteroatoms. The molecule has 0 saturated carbocycles. The molecule has 0 saturated heterocycles. The minimum absolute atomic E-state index is 0.228. The molecule has 15 heavy (non-hydrogen) atoms. The monoisotopic (exact) mass is 355 g/mol. The van der Waals surface area contributed by atoms with Gasteiger partial charge in [-0.2, -0.15) is 0 Å². The Bertz CT molecular complexity index is 297. The minimum Gasteiger partial charge on any atom is -0.396 e. The summed E-state index contributed by atoms with van der Waals surface area (Å²) in [6.07, 6.45) is 0. The van der Waals surface area contributed by atoms with Crippen molar-refractivity contribution in [1.82, 2.24) is 5.32 Å². The highest BCUT2D eigenvalue weighted by atomic mass is 79.9. The van der Waals surface area contributed by atoms with Gasteiger partial charge in [0.15, 0.2) is 0 Å². The van der Waals surface area contributed by atoms with Crippen molar-refractivity contribution in [3.05, 3.63) is 19.2 Å². The molecule has 1 aromatic heterocycles. The Morgan fingerprint density at radius 1 is 1.47 bits per heavy atom. The molecule has 86 valence electrons. The van der Waals surface area contributed by atoms with E-state index in [9.17, 15) is 0 Å². The predicted octanol–water partition coefficient (Wildman–Crippen LogP) is 3.38. The van der Waals surface area contributed by atoms with Gasteiger partial charge in [0.25, 0.3) is 0 Å². The van der Waals surface area contributed by atoms with Crippen molar-refractivity contribution in [2.75, 3.05) is 6.61 Å². The van der Waals surface area contributed by atoms with E-state index in [1.807, 2.05) is 6.92 Å². The molecule has 2 atom stereocenters. The normalized spacial score (nSPS) is 15.3. The molecule has 0 aliphatic heterocycles. The highest BCUT2D eigenvalue weighted by molar-refractivity contribution is 9.13. The summed E-state index contributed by atoms with van der Waals surface area (Å²) in [5.74, 6) is 0.289. The molecule has 2 N–H and O–H groups in total. The van der Waals surface area contributed by atoms with E-state index in [4.69, 9.17) is 5.11 Å². The highest BCUT2D eigenvalue weighted by Gasteiger charge is 2.11. The number of thiophene rings is 1. The summed E-state index contributed by atoms with van der Waals surface area (Å²) in [6, 6.07) is 2.44. The molecule has 0 aromatic carbocycles. The lowest BCUT2D eigenvalue weighted by atomic mass is 10.1. The lowest BCUT2D eigenvalue weighted by Gasteiger charge is -2.18. The van der Waals surface area contributed by atoms with Crippen molar-refractivity contribution in [3.8, 4) is 0 Å². The fourth-order valence-corrected chi connectivity index (χ4v) is 3.23. The van der Waals surface area contributed by atoms with Crippen molar-refractivity contribution in [2.45, 2.75) is 26.4 Å². The largest absolute Gasteiger partial charge is 0.396 e. The molecule has 0 spiro atoms. The fourth-order valence-electron chi connectivity index (χ4n) is 1.10.